The number of hydrogen-bond donors (Lipinski definition) is 1. The van der Waals surface area contributed by atoms with E-state index in [0.717, 1.165) is 22.2 Å². The molecule has 0 spiro atoms. The Morgan fingerprint density at radius 1 is 1.12 bits per heavy atom. The van der Waals surface area contributed by atoms with Gasteiger partial charge >= 0.3 is 0 Å². The van der Waals surface area contributed by atoms with Crippen molar-refractivity contribution < 1.29 is 9.47 Å². The van der Waals surface area contributed by atoms with Crippen LogP contribution in [-0.4, -0.2) is 57.0 Å². The number of benzene rings is 2. The first-order valence-corrected chi connectivity index (χ1v) is 11.5. The maximum Gasteiger partial charge on any atom is 0.253 e. The fraction of sp³-hybridized carbons (Fsp3) is 0.360. The zero-order valence-corrected chi connectivity index (χ0v) is 19.8. The van der Waals surface area contributed by atoms with Crippen LogP contribution in [0.4, 0.5) is 0 Å². The predicted octanol–water partition coefficient (Wildman–Crippen LogP) is 3.17. The van der Waals surface area contributed by atoms with Crippen LogP contribution in [0.1, 0.15) is 36.8 Å². The van der Waals surface area contributed by atoms with Gasteiger partial charge in [-0.15, -0.1) is 5.10 Å². The number of ether oxygens (including phenoxy) is 2. The Kier molecular flexibility index (Phi) is 7.66. The maximum atomic E-state index is 13.4. The molecule has 0 fully saturated rings. The minimum Gasteiger partial charge on any atom is -0.494 e. The summed E-state index contributed by atoms with van der Waals surface area (Å²) in [5, 5.41) is 13.3. The Labute approximate surface area is 198 Å². The van der Waals surface area contributed by atoms with Crippen LogP contribution in [0.2, 0.25) is 0 Å². The number of tetrazole rings is 1. The molecule has 0 saturated carbocycles. The first-order valence-electron chi connectivity index (χ1n) is 11.5. The molecule has 2 aromatic carbocycles. The Balaban J connectivity index is 1.85. The molecule has 34 heavy (non-hydrogen) atoms. The van der Waals surface area contributed by atoms with Crippen molar-refractivity contribution in [3.8, 4) is 5.75 Å². The van der Waals surface area contributed by atoms with Crippen molar-refractivity contribution in [2.45, 2.75) is 33.0 Å². The number of rotatable bonds is 11. The van der Waals surface area contributed by atoms with Crippen LogP contribution in [0.5, 0.6) is 5.75 Å². The molecule has 9 heteroatoms. The van der Waals surface area contributed by atoms with E-state index in [0.29, 0.717) is 44.2 Å². The second-order valence-corrected chi connectivity index (χ2v) is 7.94. The van der Waals surface area contributed by atoms with Crippen molar-refractivity contribution >= 4 is 10.9 Å². The van der Waals surface area contributed by atoms with E-state index in [1.165, 1.54) is 0 Å². The molecule has 1 N–H and O–H groups in total. The van der Waals surface area contributed by atoms with E-state index < -0.39 is 6.04 Å². The zero-order chi connectivity index (χ0) is 23.9. The molecule has 0 bridgehead atoms. The van der Waals surface area contributed by atoms with Gasteiger partial charge < -0.3 is 14.5 Å². The van der Waals surface area contributed by atoms with Crippen molar-refractivity contribution in [2.75, 3.05) is 26.9 Å². The second kappa shape index (κ2) is 11.0. The van der Waals surface area contributed by atoms with Gasteiger partial charge in [0.2, 0.25) is 0 Å². The van der Waals surface area contributed by atoms with Crippen LogP contribution in [0.15, 0.2) is 59.4 Å². The van der Waals surface area contributed by atoms with Gasteiger partial charge in [0.15, 0.2) is 5.82 Å². The minimum absolute atomic E-state index is 0.172. The Hall–Kier alpha value is -3.56. The van der Waals surface area contributed by atoms with Crippen LogP contribution >= 0.6 is 0 Å². The monoisotopic (exact) mass is 462 g/mol. The quantitative estimate of drug-likeness (QED) is 0.366. The van der Waals surface area contributed by atoms with Crippen molar-refractivity contribution in [1.29, 1.82) is 0 Å². The van der Waals surface area contributed by atoms with Gasteiger partial charge in [-0.2, -0.15) is 0 Å². The minimum atomic E-state index is -0.457. The summed E-state index contributed by atoms with van der Waals surface area (Å²) in [4.78, 5) is 18.6. The average Bonchev–Trinajstić information content (AvgIpc) is 3.31. The topological polar surface area (TPSA) is 98.2 Å². The number of hydrogen-bond acceptors (Lipinski definition) is 7. The molecule has 0 aliphatic rings. The summed E-state index contributed by atoms with van der Waals surface area (Å²) < 4.78 is 12.6. The molecular weight excluding hydrogens is 432 g/mol. The zero-order valence-electron chi connectivity index (χ0n) is 19.8. The van der Waals surface area contributed by atoms with Crippen LogP contribution < -0.4 is 10.3 Å². The van der Waals surface area contributed by atoms with E-state index in [9.17, 15) is 4.79 Å². The molecule has 1 atom stereocenters. The Morgan fingerprint density at radius 2 is 1.94 bits per heavy atom. The fourth-order valence-electron chi connectivity index (χ4n) is 4.11. The molecule has 0 aliphatic heterocycles. The molecule has 4 aromatic rings. The molecule has 0 amide bonds. The molecule has 2 aromatic heterocycles. The third-order valence-corrected chi connectivity index (χ3v) is 5.76. The highest BCUT2D eigenvalue weighted by Gasteiger charge is 2.30. The van der Waals surface area contributed by atoms with E-state index in [-0.39, 0.29) is 5.56 Å². The van der Waals surface area contributed by atoms with Gasteiger partial charge in [-0.1, -0.05) is 37.3 Å². The van der Waals surface area contributed by atoms with Crippen LogP contribution in [0.3, 0.4) is 0 Å². The number of aromatic amines is 1. The lowest BCUT2D eigenvalue weighted by molar-refractivity contribution is 0.174. The second-order valence-electron chi connectivity index (χ2n) is 7.94. The molecule has 178 valence electrons. The van der Waals surface area contributed by atoms with Gasteiger partial charge in [0.25, 0.3) is 5.56 Å². The highest BCUT2D eigenvalue weighted by Crippen LogP contribution is 2.29. The number of methoxy groups -OCH3 is 1. The lowest BCUT2D eigenvalue weighted by atomic mass is 10.0. The smallest absolute Gasteiger partial charge is 0.253 e. The maximum absolute atomic E-state index is 13.4. The van der Waals surface area contributed by atoms with E-state index in [1.807, 2.05) is 49.4 Å². The number of aromatic nitrogens is 5. The number of H-pyrrole nitrogens is 1. The summed E-state index contributed by atoms with van der Waals surface area (Å²) in [6, 6.07) is 17.3. The first kappa shape index (κ1) is 23.6. The van der Waals surface area contributed by atoms with Crippen molar-refractivity contribution in [3.63, 3.8) is 0 Å². The third-order valence-electron chi connectivity index (χ3n) is 5.76. The first-order chi connectivity index (χ1) is 16.6. The fourth-order valence-corrected chi connectivity index (χ4v) is 4.11. The highest BCUT2D eigenvalue weighted by molar-refractivity contribution is 5.80. The van der Waals surface area contributed by atoms with E-state index in [1.54, 1.807) is 11.8 Å². The van der Waals surface area contributed by atoms with Gasteiger partial charge in [0, 0.05) is 30.1 Å². The van der Waals surface area contributed by atoms with Crippen LogP contribution in [0, 0.1) is 0 Å². The van der Waals surface area contributed by atoms with E-state index >= 15 is 0 Å². The molecule has 0 aliphatic carbocycles. The molecule has 2 heterocycles. The summed E-state index contributed by atoms with van der Waals surface area (Å²) in [5.74, 6) is 1.35. The molecule has 1 unspecified atom stereocenters. The van der Waals surface area contributed by atoms with Gasteiger partial charge in [0.1, 0.15) is 11.8 Å². The Bertz CT molecular complexity index is 1270. The summed E-state index contributed by atoms with van der Waals surface area (Å²) in [5.41, 5.74) is 2.30. The summed E-state index contributed by atoms with van der Waals surface area (Å²) in [6.45, 7) is 6.85. The number of pyridine rings is 1. The normalized spacial score (nSPS) is 12.4. The summed E-state index contributed by atoms with van der Waals surface area (Å²) >= 11 is 0. The standard InChI is InChI=1S/C25H30N6O3/c1-4-30(17-18-9-7-6-8-10-18)23(24-27-28-29-31(24)13-14-33-3)21-16-19-15-20(34-5-2)11-12-22(19)26-25(21)32/h6-12,15-16,23H,4-5,13-14,17H2,1-3H3,(H,26,32). The number of nitrogens with one attached hydrogen (secondary N) is 1. The van der Waals surface area contributed by atoms with Crippen LogP contribution in [0.25, 0.3) is 10.9 Å². The summed E-state index contributed by atoms with van der Waals surface area (Å²) in [7, 11) is 1.64. The molecular formula is C25H30N6O3. The van der Waals surface area contributed by atoms with Gasteiger partial charge in [0.05, 0.1) is 19.8 Å². The largest absolute Gasteiger partial charge is 0.494 e. The van der Waals surface area contributed by atoms with Crippen molar-refractivity contribution in [2.24, 2.45) is 0 Å². The molecule has 4 rings (SSSR count). The van der Waals surface area contributed by atoms with Gasteiger partial charge in [-0.3, -0.25) is 9.69 Å². The lowest BCUT2D eigenvalue weighted by Crippen LogP contribution is -2.35. The SMILES string of the molecule is CCOc1ccc2[nH]c(=O)c(C(c3nnnn3CCOC)N(CC)Cc3ccccc3)cc2c1. The number of fused-ring (bicyclic) bond motifs is 1. The average molecular weight is 463 g/mol. The van der Waals surface area contributed by atoms with Crippen LogP contribution in [-0.2, 0) is 17.8 Å². The van der Waals surface area contributed by atoms with E-state index in [2.05, 4.69) is 44.5 Å². The predicted molar refractivity (Wildman–Crippen MR) is 130 cm³/mol. The lowest BCUT2D eigenvalue weighted by Gasteiger charge is -2.30. The van der Waals surface area contributed by atoms with Gasteiger partial charge in [-0.25, -0.2) is 4.68 Å². The molecule has 0 radical (unpaired) electrons. The summed E-state index contributed by atoms with van der Waals surface area (Å²) in [6.07, 6.45) is 0. The highest BCUT2D eigenvalue weighted by atomic mass is 16.5. The van der Waals surface area contributed by atoms with Gasteiger partial charge in [-0.05, 0) is 53.7 Å². The van der Waals surface area contributed by atoms with Crippen molar-refractivity contribution in [3.05, 3.63) is 81.9 Å². The van der Waals surface area contributed by atoms with E-state index in [4.69, 9.17) is 9.47 Å². The molecule has 0 saturated heterocycles. The molecule has 9 nitrogen and oxygen atoms in total. The third kappa shape index (κ3) is 5.16. The number of nitrogens with zero attached hydrogens (tertiary/aromatic N) is 5. The van der Waals surface area contributed by atoms with Crippen molar-refractivity contribution in [1.82, 2.24) is 30.1 Å². The Morgan fingerprint density at radius 3 is 2.68 bits per heavy atom.